The minimum Gasteiger partial charge on any atom is -0.497 e. The molecule has 0 radical (unpaired) electrons. The van der Waals surface area contributed by atoms with Crippen molar-refractivity contribution < 1.29 is 19.0 Å². The Morgan fingerprint density at radius 1 is 0.913 bits per heavy atom. The number of amides is 1. The maximum Gasteiger partial charge on any atom is 0.243 e. The van der Waals surface area contributed by atoms with Crippen molar-refractivity contribution in [3.8, 4) is 17.2 Å². The fourth-order valence-electron chi connectivity index (χ4n) is 2.03. The Morgan fingerprint density at radius 2 is 1.70 bits per heavy atom. The van der Waals surface area contributed by atoms with Crippen LogP contribution in [0.15, 0.2) is 42.5 Å². The Balaban J connectivity index is 1.94. The van der Waals surface area contributed by atoms with Crippen LogP contribution >= 0.6 is 0 Å². The minimum atomic E-state index is -0.167. The summed E-state index contributed by atoms with van der Waals surface area (Å²) in [5.74, 6) is 1.74. The average Bonchev–Trinajstić information content (AvgIpc) is 2.60. The van der Waals surface area contributed by atoms with Crippen LogP contribution in [-0.2, 0) is 4.79 Å². The number of ether oxygens (including phenoxy) is 3. The van der Waals surface area contributed by atoms with Crippen molar-refractivity contribution in [2.24, 2.45) is 0 Å². The van der Waals surface area contributed by atoms with E-state index in [2.05, 4.69) is 10.6 Å². The van der Waals surface area contributed by atoms with Crippen molar-refractivity contribution in [2.75, 3.05) is 38.5 Å². The van der Waals surface area contributed by atoms with Crippen LogP contribution < -0.4 is 24.8 Å². The summed E-state index contributed by atoms with van der Waals surface area (Å²) in [5, 5.41) is 5.84. The van der Waals surface area contributed by atoms with E-state index in [-0.39, 0.29) is 12.5 Å². The molecule has 2 aromatic rings. The van der Waals surface area contributed by atoms with Gasteiger partial charge in [0.1, 0.15) is 5.75 Å². The van der Waals surface area contributed by atoms with E-state index >= 15 is 0 Å². The molecule has 0 aliphatic rings. The summed E-state index contributed by atoms with van der Waals surface area (Å²) in [4.78, 5) is 12.0. The van der Waals surface area contributed by atoms with E-state index in [1.807, 2.05) is 24.3 Å². The third kappa shape index (κ3) is 4.54. The fourth-order valence-corrected chi connectivity index (χ4v) is 2.03. The van der Waals surface area contributed by atoms with Gasteiger partial charge in [-0.2, -0.15) is 0 Å². The summed E-state index contributed by atoms with van der Waals surface area (Å²) in [6.45, 7) is 0.140. The SMILES string of the molecule is COc1cccc(NCC(=O)Nc2ccc(OC)c(OC)c2)c1. The van der Waals surface area contributed by atoms with E-state index in [1.54, 1.807) is 39.5 Å². The zero-order valence-electron chi connectivity index (χ0n) is 13.4. The number of benzene rings is 2. The second-order valence-corrected chi connectivity index (χ2v) is 4.70. The molecule has 0 saturated carbocycles. The van der Waals surface area contributed by atoms with Gasteiger partial charge < -0.3 is 24.8 Å². The molecule has 1 amide bonds. The van der Waals surface area contributed by atoms with Crippen molar-refractivity contribution in [1.82, 2.24) is 0 Å². The summed E-state index contributed by atoms with van der Waals surface area (Å²) in [6.07, 6.45) is 0. The van der Waals surface area contributed by atoms with Crippen molar-refractivity contribution >= 4 is 17.3 Å². The summed E-state index contributed by atoms with van der Waals surface area (Å²) in [5.41, 5.74) is 1.45. The van der Waals surface area contributed by atoms with Crippen molar-refractivity contribution in [1.29, 1.82) is 0 Å². The van der Waals surface area contributed by atoms with Crippen LogP contribution in [0.5, 0.6) is 17.2 Å². The largest absolute Gasteiger partial charge is 0.497 e. The Bertz CT molecular complexity index is 673. The van der Waals surface area contributed by atoms with Crippen LogP contribution in [0, 0.1) is 0 Å². The predicted octanol–water partition coefficient (Wildman–Crippen LogP) is 2.76. The number of methoxy groups -OCH3 is 3. The van der Waals surface area contributed by atoms with Crippen LogP contribution in [0.4, 0.5) is 11.4 Å². The van der Waals surface area contributed by atoms with E-state index in [4.69, 9.17) is 14.2 Å². The predicted molar refractivity (Wildman–Crippen MR) is 89.7 cm³/mol. The van der Waals surface area contributed by atoms with Crippen LogP contribution in [0.25, 0.3) is 0 Å². The molecule has 0 aromatic heterocycles. The van der Waals surface area contributed by atoms with Gasteiger partial charge in [0.05, 0.1) is 27.9 Å². The Kier molecular flexibility index (Phi) is 5.68. The highest BCUT2D eigenvalue weighted by Gasteiger charge is 2.07. The van der Waals surface area contributed by atoms with Crippen LogP contribution in [0.2, 0.25) is 0 Å². The third-order valence-electron chi connectivity index (χ3n) is 3.19. The first-order chi connectivity index (χ1) is 11.2. The molecule has 2 aromatic carbocycles. The lowest BCUT2D eigenvalue weighted by Gasteiger charge is -2.11. The number of rotatable bonds is 7. The molecule has 0 aliphatic carbocycles. The third-order valence-corrected chi connectivity index (χ3v) is 3.19. The average molecular weight is 316 g/mol. The molecule has 0 heterocycles. The molecular formula is C17H20N2O4. The van der Waals surface area contributed by atoms with Gasteiger partial charge in [0, 0.05) is 23.5 Å². The number of carbonyl (C=O) groups is 1. The lowest BCUT2D eigenvalue weighted by molar-refractivity contribution is -0.114. The van der Waals surface area contributed by atoms with E-state index in [0.29, 0.717) is 17.2 Å². The van der Waals surface area contributed by atoms with Gasteiger partial charge in [0.2, 0.25) is 5.91 Å². The number of nitrogens with one attached hydrogen (secondary N) is 2. The van der Waals surface area contributed by atoms with Crippen LogP contribution in [-0.4, -0.2) is 33.8 Å². The Morgan fingerprint density at radius 3 is 2.39 bits per heavy atom. The van der Waals surface area contributed by atoms with Gasteiger partial charge in [-0.1, -0.05) is 6.07 Å². The van der Waals surface area contributed by atoms with E-state index in [1.165, 1.54) is 0 Å². The molecule has 0 fully saturated rings. The molecule has 0 spiro atoms. The first kappa shape index (κ1) is 16.5. The van der Waals surface area contributed by atoms with Gasteiger partial charge in [0.25, 0.3) is 0 Å². The summed E-state index contributed by atoms with van der Waals surface area (Å²) < 4.78 is 15.5. The molecule has 0 aliphatic heterocycles. The van der Waals surface area contributed by atoms with Gasteiger partial charge >= 0.3 is 0 Å². The highest BCUT2D eigenvalue weighted by molar-refractivity contribution is 5.94. The molecule has 0 bridgehead atoms. The van der Waals surface area contributed by atoms with Crippen molar-refractivity contribution in [3.63, 3.8) is 0 Å². The fraction of sp³-hybridized carbons (Fsp3) is 0.235. The van der Waals surface area contributed by atoms with E-state index in [0.717, 1.165) is 11.4 Å². The molecule has 2 N–H and O–H groups in total. The smallest absolute Gasteiger partial charge is 0.243 e. The lowest BCUT2D eigenvalue weighted by atomic mass is 10.2. The molecule has 6 nitrogen and oxygen atoms in total. The van der Waals surface area contributed by atoms with Crippen LogP contribution in [0.3, 0.4) is 0 Å². The zero-order chi connectivity index (χ0) is 16.7. The quantitative estimate of drug-likeness (QED) is 0.822. The monoisotopic (exact) mass is 316 g/mol. The topological polar surface area (TPSA) is 68.8 Å². The zero-order valence-corrected chi connectivity index (χ0v) is 13.4. The molecule has 0 saturated heterocycles. The number of hydrogen-bond donors (Lipinski definition) is 2. The summed E-state index contributed by atoms with van der Waals surface area (Å²) in [7, 11) is 4.71. The van der Waals surface area contributed by atoms with Gasteiger partial charge in [-0.15, -0.1) is 0 Å². The van der Waals surface area contributed by atoms with Gasteiger partial charge in [-0.25, -0.2) is 0 Å². The first-order valence-electron chi connectivity index (χ1n) is 7.06. The van der Waals surface area contributed by atoms with Gasteiger partial charge in [0.15, 0.2) is 11.5 Å². The molecule has 0 unspecified atom stereocenters. The molecule has 122 valence electrons. The van der Waals surface area contributed by atoms with Crippen molar-refractivity contribution in [3.05, 3.63) is 42.5 Å². The second-order valence-electron chi connectivity index (χ2n) is 4.70. The van der Waals surface area contributed by atoms with E-state index < -0.39 is 0 Å². The van der Waals surface area contributed by atoms with Gasteiger partial charge in [-0.3, -0.25) is 4.79 Å². The van der Waals surface area contributed by atoms with Gasteiger partial charge in [-0.05, 0) is 24.3 Å². The molecule has 2 rings (SSSR count). The minimum absolute atomic E-state index is 0.140. The maximum atomic E-state index is 12.0. The summed E-state index contributed by atoms with van der Waals surface area (Å²) in [6, 6.07) is 12.6. The Labute approximate surface area is 135 Å². The Hall–Kier alpha value is -2.89. The lowest BCUT2D eigenvalue weighted by Crippen LogP contribution is -2.21. The number of carbonyl (C=O) groups excluding carboxylic acids is 1. The van der Waals surface area contributed by atoms with Crippen molar-refractivity contribution in [2.45, 2.75) is 0 Å². The maximum absolute atomic E-state index is 12.0. The van der Waals surface area contributed by atoms with Crippen LogP contribution in [0.1, 0.15) is 0 Å². The second kappa shape index (κ2) is 7.93. The highest BCUT2D eigenvalue weighted by Crippen LogP contribution is 2.29. The van der Waals surface area contributed by atoms with E-state index in [9.17, 15) is 4.79 Å². The normalized spacial score (nSPS) is 9.87. The summed E-state index contributed by atoms with van der Waals surface area (Å²) >= 11 is 0. The highest BCUT2D eigenvalue weighted by atomic mass is 16.5. The number of anilines is 2. The first-order valence-corrected chi connectivity index (χ1v) is 7.06. The standard InChI is InChI=1S/C17H20N2O4/c1-21-14-6-4-5-12(9-14)18-11-17(20)19-13-7-8-15(22-2)16(10-13)23-3/h4-10,18H,11H2,1-3H3,(H,19,20). The number of hydrogen-bond acceptors (Lipinski definition) is 5. The molecule has 23 heavy (non-hydrogen) atoms. The molecular weight excluding hydrogens is 296 g/mol. The molecule has 0 atom stereocenters. The molecule has 6 heteroatoms.